The topological polar surface area (TPSA) is 55.3 Å². The lowest BCUT2D eigenvalue weighted by atomic mass is 10.1. The number of hydrogen-bond acceptors (Lipinski definition) is 3. The van der Waals surface area contributed by atoms with E-state index in [1.807, 2.05) is 24.3 Å². The number of nitrogens with zero attached hydrogens (tertiary/aromatic N) is 1. The fraction of sp³-hybridized carbons (Fsp3) is 0.294. The molecule has 2 aromatic carbocycles. The molecule has 0 aliphatic rings. The second-order valence-corrected chi connectivity index (χ2v) is 5.01. The summed E-state index contributed by atoms with van der Waals surface area (Å²) in [4.78, 5) is 0. The molecule has 0 amide bonds. The molecule has 0 bridgehead atoms. The zero-order valence-corrected chi connectivity index (χ0v) is 12.0. The van der Waals surface area contributed by atoms with Crippen LogP contribution in [0.5, 0.6) is 0 Å². The second kappa shape index (κ2) is 7.08. The summed E-state index contributed by atoms with van der Waals surface area (Å²) in [6.07, 6.45) is 3.57. The van der Waals surface area contributed by atoms with Crippen molar-refractivity contribution in [3.8, 4) is 0 Å². The molecule has 20 heavy (non-hydrogen) atoms. The van der Waals surface area contributed by atoms with E-state index in [0.29, 0.717) is 6.54 Å². The molecule has 0 radical (unpaired) electrons. The highest BCUT2D eigenvalue weighted by Crippen LogP contribution is 2.23. The first-order chi connectivity index (χ1) is 9.74. The Labute approximate surface area is 121 Å². The van der Waals surface area contributed by atoms with Crippen molar-refractivity contribution >= 4 is 11.4 Å². The molecule has 4 N–H and O–H groups in total. The SMILES string of the molecule is CCCCc1ccc(N(N)c2cccc(CN)c2)cc1. The third-order valence-corrected chi connectivity index (χ3v) is 3.46. The van der Waals surface area contributed by atoms with E-state index in [1.165, 1.54) is 18.4 Å². The number of anilines is 2. The van der Waals surface area contributed by atoms with Gasteiger partial charge in [-0.05, 0) is 48.2 Å². The molecule has 0 saturated heterocycles. The molecule has 0 aliphatic heterocycles. The fourth-order valence-electron chi connectivity index (χ4n) is 2.19. The number of hydrazine groups is 1. The van der Waals surface area contributed by atoms with E-state index in [9.17, 15) is 0 Å². The smallest absolute Gasteiger partial charge is 0.0578 e. The van der Waals surface area contributed by atoms with Crippen molar-refractivity contribution in [3.05, 3.63) is 59.7 Å². The minimum Gasteiger partial charge on any atom is -0.326 e. The van der Waals surface area contributed by atoms with Gasteiger partial charge in [-0.2, -0.15) is 0 Å². The van der Waals surface area contributed by atoms with Gasteiger partial charge >= 0.3 is 0 Å². The molecule has 0 aliphatic carbocycles. The van der Waals surface area contributed by atoms with Crippen LogP contribution in [0.2, 0.25) is 0 Å². The summed E-state index contributed by atoms with van der Waals surface area (Å²) in [5.41, 5.74) is 10.0. The maximum Gasteiger partial charge on any atom is 0.0578 e. The van der Waals surface area contributed by atoms with Gasteiger partial charge in [0.15, 0.2) is 0 Å². The van der Waals surface area contributed by atoms with Crippen molar-refractivity contribution in [2.75, 3.05) is 5.01 Å². The molecule has 0 aromatic heterocycles. The highest BCUT2D eigenvalue weighted by atomic mass is 15.4. The Morgan fingerprint density at radius 2 is 1.70 bits per heavy atom. The van der Waals surface area contributed by atoms with Gasteiger partial charge in [0.1, 0.15) is 0 Å². The molecule has 3 nitrogen and oxygen atoms in total. The Bertz CT molecular complexity index is 534. The Balaban J connectivity index is 2.13. The Morgan fingerprint density at radius 3 is 2.35 bits per heavy atom. The van der Waals surface area contributed by atoms with Crippen LogP contribution >= 0.6 is 0 Å². The Morgan fingerprint density at radius 1 is 0.950 bits per heavy atom. The summed E-state index contributed by atoms with van der Waals surface area (Å²) in [7, 11) is 0. The van der Waals surface area contributed by atoms with Crippen LogP contribution in [0.15, 0.2) is 48.5 Å². The van der Waals surface area contributed by atoms with Crippen molar-refractivity contribution in [2.24, 2.45) is 11.6 Å². The summed E-state index contributed by atoms with van der Waals surface area (Å²) in [6, 6.07) is 16.4. The first kappa shape index (κ1) is 14.6. The van der Waals surface area contributed by atoms with E-state index in [2.05, 4.69) is 31.2 Å². The van der Waals surface area contributed by atoms with E-state index in [-0.39, 0.29) is 0 Å². The minimum atomic E-state index is 0.525. The molecule has 0 heterocycles. The van der Waals surface area contributed by atoms with E-state index < -0.39 is 0 Å². The molecule has 0 atom stereocenters. The second-order valence-electron chi connectivity index (χ2n) is 5.01. The highest BCUT2D eigenvalue weighted by molar-refractivity contribution is 5.62. The van der Waals surface area contributed by atoms with Gasteiger partial charge in [-0.1, -0.05) is 37.6 Å². The quantitative estimate of drug-likeness (QED) is 0.623. The average molecular weight is 269 g/mol. The monoisotopic (exact) mass is 269 g/mol. The largest absolute Gasteiger partial charge is 0.326 e. The average Bonchev–Trinajstić information content (AvgIpc) is 2.52. The number of aryl methyl sites for hydroxylation is 1. The van der Waals surface area contributed by atoms with Gasteiger partial charge in [0.2, 0.25) is 0 Å². The molecule has 0 fully saturated rings. The predicted octanol–water partition coefficient (Wildman–Crippen LogP) is 3.50. The minimum absolute atomic E-state index is 0.525. The third-order valence-electron chi connectivity index (χ3n) is 3.46. The van der Waals surface area contributed by atoms with Crippen molar-refractivity contribution < 1.29 is 0 Å². The standard InChI is InChI=1S/C17H23N3/c1-2-3-5-14-8-10-16(11-9-14)20(19)17-7-4-6-15(12-17)13-18/h4,6-12H,2-3,5,13,18-19H2,1H3. The number of rotatable bonds is 6. The molecular weight excluding hydrogens is 246 g/mol. The summed E-state index contributed by atoms with van der Waals surface area (Å²) in [6.45, 7) is 2.73. The van der Waals surface area contributed by atoms with Crippen LogP contribution in [0, 0.1) is 0 Å². The van der Waals surface area contributed by atoms with Crippen LogP contribution in [0.1, 0.15) is 30.9 Å². The molecule has 2 aromatic rings. The van der Waals surface area contributed by atoms with E-state index in [4.69, 9.17) is 11.6 Å². The van der Waals surface area contributed by atoms with Crippen LogP contribution in [0.3, 0.4) is 0 Å². The van der Waals surface area contributed by atoms with Gasteiger partial charge in [0, 0.05) is 6.54 Å². The lowest BCUT2D eigenvalue weighted by Gasteiger charge is -2.19. The number of unbranched alkanes of at least 4 members (excludes halogenated alkanes) is 1. The van der Waals surface area contributed by atoms with Gasteiger partial charge in [-0.25, -0.2) is 5.84 Å². The van der Waals surface area contributed by atoms with Crippen LogP contribution in [0.4, 0.5) is 11.4 Å². The number of nitrogens with two attached hydrogens (primary N) is 2. The van der Waals surface area contributed by atoms with E-state index >= 15 is 0 Å². The third kappa shape index (κ3) is 3.59. The van der Waals surface area contributed by atoms with Crippen molar-refractivity contribution in [1.82, 2.24) is 0 Å². The van der Waals surface area contributed by atoms with E-state index in [1.54, 1.807) is 5.01 Å². The Hall–Kier alpha value is -1.84. The highest BCUT2D eigenvalue weighted by Gasteiger charge is 2.05. The summed E-state index contributed by atoms with van der Waals surface area (Å²) in [5, 5.41) is 1.70. The van der Waals surface area contributed by atoms with Crippen molar-refractivity contribution in [2.45, 2.75) is 32.7 Å². The van der Waals surface area contributed by atoms with Gasteiger partial charge in [-0.15, -0.1) is 0 Å². The van der Waals surface area contributed by atoms with Gasteiger partial charge < -0.3 is 5.73 Å². The maximum atomic E-state index is 6.18. The predicted molar refractivity (Wildman–Crippen MR) is 85.7 cm³/mol. The lowest BCUT2D eigenvalue weighted by Crippen LogP contribution is -2.25. The fourth-order valence-corrected chi connectivity index (χ4v) is 2.19. The maximum absolute atomic E-state index is 6.18. The molecule has 0 spiro atoms. The molecule has 106 valence electrons. The molecular formula is C17H23N3. The number of benzene rings is 2. The summed E-state index contributed by atoms with van der Waals surface area (Å²) in [5.74, 6) is 6.18. The van der Waals surface area contributed by atoms with Gasteiger partial charge in [0.05, 0.1) is 11.4 Å². The normalized spacial score (nSPS) is 10.6. The van der Waals surface area contributed by atoms with Crippen LogP contribution in [-0.2, 0) is 13.0 Å². The lowest BCUT2D eigenvalue weighted by molar-refractivity contribution is 0.795. The first-order valence-electron chi connectivity index (χ1n) is 7.17. The van der Waals surface area contributed by atoms with Crippen molar-refractivity contribution in [1.29, 1.82) is 0 Å². The molecule has 0 saturated carbocycles. The van der Waals surface area contributed by atoms with Crippen LogP contribution in [-0.4, -0.2) is 0 Å². The van der Waals surface area contributed by atoms with Crippen LogP contribution in [0.25, 0.3) is 0 Å². The molecule has 0 unspecified atom stereocenters. The summed E-state index contributed by atoms with van der Waals surface area (Å²) >= 11 is 0. The Kier molecular flexibility index (Phi) is 5.16. The van der Waals surface area contributed by atoms with Gasteiger partial charge in [0.25, 0.3) is 0 Å². The van der Waals surface area contributed by atoms with Gasteiger partial charge in [-0.3, -0.25) is 5.01 Å². The molecule has 2 rings (SSSR count). The first-order valence-corrected chi connectivity index (χ1v) is 7.17. The molecule has 3 heteroatoms. The summed E-state index contributed by atoms with van der Waals surface area (Å²) < 4.78 is 0. The number of hydrogen-bond donors (Lipinski definition) is 2. The van der Waals surface area contributed by atoms with E-state index in [0.717, 1.165) is 23.4 Å². The zero-order chi connectivity index (χ0) is 14.4. The zero-order valence-electron chi connectivity index (χ0n) is 12.0. The van der Waals surface area contributed by atoms with Crippen molar-refractivity contribution in [3.63, 3.8) is 0 Å². The van der Waals surface area contributed by atoms with Crippen LogP contribution < -0.4 is 16.6 Å².